The van der Waals surface area contributed by atoms with Crippen molar-refractivity contribution in [3.8, 4) is 0 Å². The monoisotopic (exact) mass is 203 g/mol. The van der Waals surface area contributed by atoms with Gasteiger partial charge in [-0.2, -0.15) is 11.8 Å². The maximum Gasteiger partial charge on any atom is 0.219 e. The first-order chi connectivity index (χ1) is 5.77. The first-order valence-electron chi connectivity index (χ1n) is 4.05. The Morgan fingerprint density at radius 3 is 2.92 bits per heavy atom. The standard InChI is InChI=1S/C8H13NOS2/c1-3-7-9-6(4-5-11-2)8(10)12-7/h6H,3-5H2,1-2H3. The van der Waals surface area contributed by atoms with E-state index in [9.17, 15) is 4.79 Å². The van der Waals surface area contributed by atoms with Gasteiger partial charge in [-0.1, -0.05) is 6.92 Å². The SMILES string of the molecule is CCC1=NC(CCSC)C(=O)S1. The van der Waals surface area contributed by atoms with Crippen LogP contribution in [0.4, 0.5) is 0 Å². The Morgan fingerprint density at radius 1 is 1.67 bits per heavy atom. The topological polar surface area (TPSA) is 29.4 Å². The lowest BCUT2D eigenvalue weighted by atomic mass is 10.2. The van der Waals surface area contributed by atoms with Gasteiger partial charge in [0.2, 0.25) is 5.12 Å². The predicted octanol–water partition coefficient (Wildman–Crippen LogP) is 2.19. The third-order valence-electron chi connectivity index (χ3n) is 1.69. The number of carbonyl (C=O) groups is 1. The van der Waals surface area contributed by atoms with Crippen molar-refractivity contribution in [1.82, 2.24) is 0 Å². The lowest BCUT2D eigenvalue weighted by molar-refractivity contribution is -0.111. The lowest BCUT2D eigenvalue weighted by Gasteiger charge is -2.00. The van der Waals surface area contributed by atoms with Crippen LogP contribution in [0, 0.1) is 0 Å². The van der Waals surface area contributed by atoms with Crippen LogP contribution < -0.4 is 0 Å². The van der Waals surface area contributed by atoms with Gasteiger partial charge in [-0.05, 0) is 36.6 Å². The molecule has 68 valence electrons. The Bertz CT molecular complexity index is 203. The van der Waals surface area contributed by atoms with Crippen molar-refractivity contribution in [2.24, 2.45) is 4.99 Å². The van der Waals surface area contributed by atoms with E-state index in [4.69, 9.17) is 0 Å². The molecule has 0 spiro atoms. The van der Waals surface area contributed by atoms with E-state index in [0.29, 0.717) is 0 Å². The molecule has 0 aromatic heterocycles. The van der Waals surface area contributed by atoms with Gasteiger partial charge in [0.1, 0.15) is 6.04 Å². The van der Waals surface area contributed by atoms with E-state index >= 15 is 0 Å². The minimum Gasteiger partial charge on any atom is -0.284 e. The Morgan fingerprint density at radius 2 is 2.42 bits per heavy atom. The van der Waals surface area contributed by atoms with Crippen LogP contribution >= 0.6 is 23.5 Å². The second-order valence-corrected chi connectivity index (χ2v) is 4.66. The highest BCUT2D eigenvalue weighted by Gasteiger charge is 2.25. The third kappa shape index (κ3) is 2.52. The van der Waals surface area contributed by atoms with E-state index in [0.717, 1.165) is 23.6 Å². The fraction of sp³-hybridized carbons (Fsp3) is 0.750. The van der Waals surface area contributed by atoms with E-state index in [-0.39, 0.29) is 11.2 Å². The molecule has 0 saturated heterocycles. The van der Waals surface area contributed by atoms with Crippen molar-refractivity contribution >= 4 is 33.7 Å². The van der Waals surface area contributed by atoms with E-state index in [1.807, 2.05) is 6.92 Å². The number of hydrogen-bond acceptors (Lipinski definition) is 4. The Balaban J connectivity index is 2.43. The summed E-state index contributed by atoms with van der Waals surface area (Å²) >= 11 is 3.09. The number of thioether (sulfide) groups is 2. The second-order valence-electron chi connectivity index (χ2n) is 2.59. The molecule has 1 unspecified atom stereocenters. The second kappa shape index (κ2) is 4.92. The van der Waals surface area contributed by atoms with E-state index < -0.39 is 0 Å². The fourth-order valence-electron chi connectivity index (χ4n) is 1.01. The number of rotatable bonds is 4. The van der Waals surface area contributed by atoms with Gasteiger partial charge < -0.3 is 0 Å². The number of hydrogen-bond donors (Lipinski definition) is 0. The summed E-state index contributed by atoms with van der Waals surface area (Å²) in [7, 11) is 0. The van der Waals surface area contributed by atoms with Crippen molar-refractivity contribution in [1.29, 1.82) is 0 Å². The van der Waals surface area contributed by atoms with Crippen LogP contribution in [0.15, 0.2) is 4.99 Å². The number of carbonyl (C=O) groups excluding carboxylic acids is 1. The Kier molecular flexibility index (Phi) is 4.15. The van der Waals surface area contributed by atoms with Gasteiger partial charge in [-0.25, -0.2) is 0 Å². The van der Waals surface area contributed by atoms with Crippen LogP contribution in [0.25, 0.3) is 0 Å². The Labute approximate surface area is 81.6 Å². The average Bonchev–Trinajstić information content (AvgIpc) is 2.43. The smallest absolute Gasteiger partial charge is 0.219 e. The van der Waals surface area contributed by atoms with Crippen molar-refractivity contribution in [3.63, 3.8) is 0 Å². The molecule has 1 heterocycles. The van der Waals surface area contributed by atoms with Crippen molar-refractivity contribution in [2.45, 2.75) is 25.8 Å². The van der Waals surface area contributed by atoms with Crippen LogP contribution in [0.5, 0.6) is 0 Å². The molecule has 0 fully saturated rings. The maximum absolute atomic E-state index is 11.3. The molecule has 12 heavy (non-hydrogen) atoms. The predicted molar refractivity (Wildman–Crippen MR) is 57.1 cm³/mol. The van der Waals surface area contributed by atoms with Gasteiger partial charge >= 0.3 is 0 Å². The summed E-state index contributed by atoms with van der Waals surface area (Å²) in [5, 5.41) is 1.24. The zero-order valence-corrected chi connectivity index (χ0v) is 9.00. The van der Waals surface area contributed by atoms with E-state index in [1.54, 1.807) is 11.8 Å². The highest BCUT2D eigenvalue weighted by molar-refractivity contribution is 8.26. The summed E-state index contributed by atoms with van der Waals surface area (Å²) in [6.45, 7) is 2.04. The average molecular weight is 203 g/mol. The van der Waals surface area contributed by atoms with Gasteiger partial charge in [0.05, 0.1) is 5.04 Å². The molecule has 1 aliphatic rings. The molecule has 1 atom stereocenters. The summed E-state index contributed by atoms with van der Waals surface area (Å²) in [4.78, 5) is 15.6. The minimum absolute atomic E-state index is 0.0441. The van der Waals surface area contributed by atoms with Crippen LogP contribution in [0.2, 0.25) is 0 Å². The molecule has 0 amide bonds. The molecule has 1 aliphatic heterocycles. The molecule has 0 bridgehead atoms. The maximum atomic E-state index is 11.3. The molecule has 0 aliphatic carbocycles. The van der Waals surface area contributed by atoms with Crippen molar-refractivity contribution in [3.05, 3.63) is 0 Å². The molecule has 1 rings (SSSR count). The molecule has 2 nitrogen and oxygen atoms in total. The largest absolute Gasteiger partial charge is 0.284 e. The van der Waals surface area contributed by atoms with E-state index in [2.05, 4.69) is 11.2 Å². The molecular weight excluding hydrogens is 190 g/mol. The van der Waals surface area contributed by atoms with Gasteiger partial charge in [0.25, 0.3) is 0 Å². The third-order valence-corrected chi connectivity index (χ3v) is 3.44. The summed E-state index contributed by atoms with van der Waals surface area (Å²) in [5.41, 5.74) is 0. The first-order valence-corrected chi connectivity index (χ1v) is 6.26. The number of aliphatic imine (C=N–C) groups is 1. The first kappa shape index (κ1) is 10.1. The van der Waals surface area contributed by atoms with Crippen LogP contribution in [0.3, 0.4) is 0 Å². The molecule has 0 N–H and O–H groups in total. The molecule has 0 aromatic rings. The summed E-state index contributed by atoms with van der Waals surface area (Å²) < 4.78 is 0. The van der Waals surface area contributed by atoms with Crippen LogP contribution in [0.1, 0.15) is 19.8 Å². The van der Waals surface area contributed by atoms with E-state index in [1.165, 1.54) is 11.8 Å². The molecule has 0 radical (unpaired) electrons. The summed E-state index contributed by atoms with van der Waals surface area (Å²) in [6, 6.07) is -0.0441. The zero-order chi connectivity index (χ0) is 8.97. The fourth-order valence-corrected chi connectivity index (χ4v) is 2.33. The molecular formula is C8H13NOS2. The normalized spacial score (nSPS) is 23.0. The van der Waals surface area contributed by atoms with Crippen molar-refractivity contribution in [2.75, 3.05) is 12.0 Å². The highest BCUT2D eigenvalue weighted by Crippen LogP contribution is 2.24. The highest BCUT2D eigenvalue weighted by atomic mass is 32.2. The van der Waals surface area contributed by atoms with Crippen molar-refractivity contribution < 1.29 is 4.79 Å². The molecule has 0 saturated carbocycles. The van der Waals surface area contributed by atoms with Crippen LogP contribution in [-0.2, 0) is 4.79 Å². The minimum atomic E-state index is -0.0441. The van der Waals surface area contributed by atoms with Gasteiger partial charge in [-0.3, -0.25) is 9.79 Å². The van der Waals surface area contributed by atoms with Crippen LogP contribution in [-0.4, -0.2) is 28.2 Å². The summed E-state index contributed by atoms with van der Waals surface area (Å²) in [5.74, 6) is 1.03. The quantitative estimate of drug-likeness (QED) is 0.701. The molecule has 0 aromatic carbocycles. The lowest BCUT2D eigenvalue weighted by Crippen LogP contribution is -2.11. The Hall–Kier alpha value is 0.0400. The van der Waals surface area contributed by atoms with Gasteiger partial charge in [0.15, 0.2) is 0 Å². The zero-order valence-electron chi connectivity index (χ0n) is 7.37. The van der Waals surface area contributed by atoms with Gasteiger partial charge in [-0.15, -0.1) is 0 Å². The molecule has 4 heteroatoms. The van der Waals surface area contributed by atoms with Gasteiger partial charge in [0, 0.05) is 0 Å². The summed E-state index contributed by atoms with van der Waals surface area (Å²) in [6.07, 6.45) is 3.85. The number of nitrogens with zero attached hydrogens (tertiary/aromatic N) is 1.